The molecule has 0 radical (unpaired) electrons. The molecule has 0 bridgehead atoms. The van der Waals surface area contributed by atoms with E-state index in [1.165, 1.54) is 24.1 Å². The van der Waals surface area contributed by atoms with Crippen LogP contribution in [0.3, 0.4) is 0 Å². The van der Waals surface area contributed by atoms with Gasteiger partial charge < -0.3 is 15.0 Å². The number of amides is 2. The van der Waals surface area contributed by atoms with Crippen LogP contribution in [0.15, 0.2) is 89.8 Å². The maximum atomic E-state index is 14.0. The van der Waals surface area contributed by atoms with Crippen LogP contribution < -0.4 is 14.4 Å². The van der Waals surface area contributed by atoms with E-state index in [1.807, 2.05) is 51.1 Å². The number of hydrogen-bond acceptors (Lipinski definition) is 5. The highest BCUT2D eigenvalue weighted by Crippen LogP contribution is 2.26. The van der Waals surface area contributed by atoms with Crippen molar-refractivity contribution in [2.75, 3.05) is 24.5 Å². The molecule has 0 aliphatic rings. The molecule has 0 unspecified atom stereocenters. The molecule has 2 amide bonds. The smallest absolute Gasteiger partial charge is 0.264 e. The van der Waals surface area contributed by atoms with E-state index in [1.54, 1.807) is 42.5 Å². The number of nitrogens with one attached hydrogen (secondary N) is 1. The number of carbonyl (C=O) groups is 2. The van der Waals surface area contributed by atoms with Crippen molar-refractivity contribution in [3.8, 4) is 5.75 Å². The summed E-state index contributed by atoms with van der Waals surface area (Å²) in [5, 5.41) is 2.93. The summed E-state index contributed by atoms with van der Waals surface area (Å²) in [5.41, 5.74) is 1.18. The van der Waals surface area contributed by atoms with E-state index in [-0.39, 0.29) is 23.3 Å². The Bertz CT molecular complexity index is 1310. The summed E-state index contributed by atoms with van der Waals surface area (Å²) in [6.07, 6.45) is 0.374. The van der Waals surface area contributed by atoms with Gasteiger partial charge in [-0.15, -0.1) is 0 Å². The topological polar surface area (TPSA) is 96.0 Å². The second kappa shape index (κ2) is 13.8. The molecular formula is C30H37N3O5S. The summed E-state index contributed by atoms with van der Waals surface area (Å²) in [6, 6.07) is 23.1. The van der Waals surface area contributed by atoms with Crippen LogP contribution in [-0.2, 0) is 26.2 Å². The van der Waals surface area contributed by atoms with E-state index in [0.717, 1.165) is 9.87 Å². The van der Waals surface area contributed by atoms with Crippen LogP contribution in [0.1, 0.15) is 32.8 Å². The molecule has 0 aromatic heterocycles. The molecule has 1 N–H and O–H groups in total. The van der Waals surface area contributed by atoms with Crippen molar-refractivity contribution >= 4 is 27.5 Å². The summed E-state index contributed by atoms with van der Waals surface area (Å²) in [7, 11) is -2.62. The molecule has 1 atom stereocenters. The zero-order valence-electron chi connectivity index (χ0n) is 22.9. The SMILES string of the molecule is CC[C@H](C(=O)NCC(C)C)N(Cc1ccccc1)C(=O)CN(c1ccccc1)S(=O)(=O)c1ccc(OC)cc1. The highest BCUT2D eigenvalue weighted by atomic mass is 32.2. The Balaban J connectivity index is 2.00. The van der Waals surface area contributed by atoms with Gasteiger partial charge in [0.25, 0.3) is 10.0 Å². The Morgan fingerprint density at radius 3 is 2.03 bits per heavy atom. The predicted octanol–water partition coefficient (Wildman–Crippen LogP) is 4.47. The summed E-state index contributed by atoms with van der Waals surface area (Å²) in [6.45, 7) is 6.00. The predicted molar refractivity (Wildman–Crippen MR) is 153 cm³/mol. The third-order valence-electron chi connectivity index (χ3n) is 6.24. The van der Waals surface area contributed by atoms with Crippen molar-refractivity contribution in [1.82, 2.24) is 10.2 Å². The van der Waals surface area contributed by atoms with Gasteiger partial charge in [-0.1, -0.05) is 69.3 Å². The third-order valence-corrected chi connectivity index (χ3v) is 8.02. The third kappa shape index (κ3) is 7.83. The number of ether oxygens (including phenoxy) is 1. The van der Waals surface area contributed by atoms with Gasteiger partial charge in [-0.05, 0) is 54.3 Å². The summed E-state index contributed by atoms with van der Waals surface area (Å²) < 4.78 is 33.9. The number of anilines is 1. The fraction of sp³-hybridized carbons (Fsp3) is 0.333. The maximum Gasteiger partial charge on any atom is 0.264 e. The Hall–Kier alpha value is -3.85. The van der Waals surface area contributed by atoms with E-state index < -0.39 is 28.5 Å². The minimum atomic E-state index is -4.12. The Morgan fingerprint density at radius 2 is 1.49 bits per heavy atom. The van der Waals surface area contributed by atoms with Gasteiger partial charge in [-0.25, -0.2) is 8.42 Å². The highest BCUT2D eigenvalue weighted by Gasteiger charge is 2.33. The van der Waals surface area contributed by atoms with Crippen molar-refractivity contribution in [3.63, 3.8) is 0 Å². The molecule has 0 aliphatic carbocycles. The Kier molecular flexibility index (Phi) is 10.5. The van der Waals surface area contributed by atoms with Gasteiger partial charge in [0.15, 0.2) is 0 Å². The van der Waals surface area contributed by atoms with Gasteiger partial charge in [0.1, 0.15) is 18.3 Å². The number of benzene rings is 3. The van der Waals surface area contributed by atoms with Crippen LogP contribution >= 0.6 is 0 Å². The molecule has 3 aromatic rings. The largest absolute Gasteiger partial charge is 0.497 e. The fourth-order valence-electron chi connectivity index (χ4n) is 4.12. The number of para-hydroxylation sites is 1. The number of rotatable bonds is 13. The Labute approximate surface area is 231 Å². The lowest BCUT2D eigenvalue weighted by Gasteiger charge is -2.33. The van der Waals surface area contributed by atoms with Crippen LogP contribution in [0.4, 0.5) is 5.69 Å². The molecular weight excluding hydrogens is 514 g/mol. The zero-order chi connectivity index (χ0) is 28.4. The Morgan fingerprint density at radius 1 is 0.897 bits per heavy atom. The van der Waals surface area contributed by atoms with Crippen LogP contribution in [0.25, 0.3) is 0 Å². The molecule has 0 aliphatic heterocycles. The molecule has 0 spiro atoms. The fourth-order valence-corrected chi connectivity index (χ4v) is 5.53. The van der Waals surface area contributed by atoms with Gasteiger partial charge >= 0.3 is 0 Å². The highest BCUT2D eigenvalue weighted by molar-refractivity contribution is 7.92. The maximum absolute atomic E-state index is 14.0. The molecule has 0 heterocycles. The quantitative estimate of drug-likeness (QED) is 0.338. The van der Waals surface area contributed by atoms with Crippen molar-refractivity contribution < 1.29 is 22.7 Å². The molecule has 8 nitrogen and oxygen atoms in total. The lowest BCUT2D eigenvalue weighted by Crippen LogP contribution is -2.52. The van der Waals surface area contributed by atoms with Gasteiger partial charge in [0, 0.05) is 13.1 Å². The average molecular weight is 552 g/mol. The van der Waals surface area contributed by atoms with Crippen LogP contribution in [0.5, 0.6) is 5.75 Å². The number of hydrogen-bond donors (Lipinski definition) is 1. The zero-order valence-corrected chi connectivity index (χ0v) is 23.7. The molecule has 0 fully saturated rings. The first-order valence-corrected chi connectivity index (χ1v) is 14.4. The monoisotopic (exact) mass is 551 g/mol. The van der Waals surface area contributed by atoms with Crippen molar-refractivity contribution in [2.24, 2.45) is 5.92 Å². The number of nitrogens with zero attached hydrogens (tertiary/aromatic N) is 2. The van der Waals surface area contributed by atoms with Crippen molar-refractivity contribution in [2.45, 2.75) is 44.7 Å². The van der Waals surface area contributed by atoms with Crippen LogP contribution in [0, 0.1) is 5.92 Å². The first kappa shape index (κ1) is 29.7. The first-order valence-electron chi connectivity index (χ1n) is 13.0. The standard InChI is InChI=1S/C30H37N3O5S/c1-5-28(30(35)31-20-23(2)3)32(21-24-12-8-6-9-13-24)29(34)22-33(25-14-10-7-11-15-25)39(36,37)27-18-16-26(38-4)17-19-27/h6-19,23,28H,5,20-22H2,1-4H3,(H,31,35)/t28-/m1/s1. The van der Waals surface area contributed by atoms with Crippen LogP contribution in [0.2, 0.25) is 0 Å². The molecule has 0 saturated heterocycles. The lowest BCUT2D eigenvalue weighted by atomic mass is 10.1. The molecule has 9 heteroatoms. The molecule has 3 aromatic carbocycles. The number of sulfonamides is 1. The van der Waals surface area contributed by atoms with Crippen LogP contribution in [-0.4, -0.2) is 51.4 Å². The van der Waals surface area contributed by atoms with Gasteiger partial charge in [-0.3, -0.25) is 13.9 Å². The summed E-state index contributed by atoms with van der Waals surface area (Å²) in [4.78, 5) is 28.7. The second-order valence-corrected chi connectivity index (χ2v) is 11.5. The van der Waals surface area contributed by atoms with E-state index in [9.17, 15) is 18.0 Å². The minimum Gasteiger partial charge on any atom is -0.497 e. The molecule has 3 rings (SSSR count). The molecule has 208 valence electrons. The molecule has 39 heavy (non-hydrogen) atoms. The van der Waals surface area contributed by atoms with Gasteiger partial charge in [0.2, 0.25) is 11.8 Å². The lowest BCUT2D eigenvalue weighted by molar-refractivity contribution is -0.140. The van der Waals surface area contributed by atoms with Crippen molar-refractivity contribution in [1.29, 1.82) is 0 Å². The van der Waals surface area contributed by atoms with Gasteiger partial charge in [0.05, 0.1) is 17.7 Å². The normalized spacial score (nSPS) is 12.0. The molecule has 0 saturated carbocycles. The number of methoxy groups -OCH3 is 1. The van der Waals surface area contributed by atoms with Gasteiger partial charge in [-0.2, -0.15) is 0 Å². The summed E-state index contributed by atoms with van der Waals surface area (Å²) >= 11 is 0. The van der Waals surface area contributed by atoms with E-state index >= 15 is 0 Å². The van der Waals surface area contributed by atoms with E-state index in [0.29, 0.717) is 24.4 Å². The minimum absolute atomic E-state index is 0.0243. The second-order valence-electron chi connectivity index (χ2n) is 9.59. The van der Waals surface area contributed by atoms with E-state index in [2.05, 4.69) is 5.32 Å². The van der Waals surface area contributed by atoms with E-state index in [4.69, 9.17) is 4.74 Å². The average Bonchev–Trinajstić information content (AvgIpc) is 2.95. The number of carbonyl (C=O) groups excluding carboxylic acids is 2. The first-order chi connectivity index (χ1) is 18.7. The summed E-state index contributed by atoms with van der Waals surface area (Å²) in [5.74, 6) is 0.0163. The van der Waals surface area contributed by atoms with Crippen molar-refractivity contribution in [3.05, 3.63) is 90.5 Å².